The van der Waals surface area contributed by atoms with Crippen molar-refractivity contribution in [2.45, 2.75) is 20.3 Å². The number of aliphatic hydroxyl groups excluding tert-OH is 1. The Balaban J connectivity index is 3.26. The zero-order chi connectivity index (χ0) is 7.98. The van der Waals surface area contributed by atoms with Crippen molar-refractivity contribution in [1.82, 2.24) is 0 Å². The van der Waals surface area contributed by atoms with E-state index in [0.717, 1.165) is 6.16 Å². The van der Waals surface area contributed by atoms with Crippen LogP contribution in [0.25, 0.3) is 0 Å². The van der Waals surface area contributed by atoms with Crippen LogP contribution < -0.4 is 0 Å². The quantitative estimate of drug-likeness (QED) is 0.628. The summed E-state index contributed by atoms with van der Waals surface area (Å²) in [5.74, 6) is 0.516. The average molecular weight is 163 g/mol. The fourth-order valence-corrected chi connectivity index (χ4v) is 2.24. The van der Waals surface area contributed by atoms with Crippen molar-refractivity contribution >= 4 is 7.80 Å². The molecule has 0 spiro atoms. The van der Waals surface area contributed by atoms with Gasteiger partial charge in [0.15, 0.2) is 0 Å². The van der Waals surface area contributed by atoms with E-state index >= 15 is 0 Å². The number of hydrogen-bond donors (Lipinski definition) is 1. The molecule has 0 saturated carbocycles. The molecule has 0 rings (SSSR count). The molecule has 0 fully saturated rings. The van der Waals surface area contributed by atoms with E-state index in [4.69, 9.17) is 5.11 Å². The third-order valence-electron chi connectivity index (χ3n) is 1.13. The predicted molar refractivity (Wildman–Crippen MR) is 43.9 cm³/mol. The summed E-state index contributed by atoms with van der Waals surface area (Å²) in [5.41, 5.74) is 0. The van der Waals surface area contributed by atoms with Crippen molar-refractivity contribution in [2.75, 3.05) is 18.9 Å². The van der Waals surface area contributed by atoms with Crippen molar-refractivity contribution in [2.24, 2.45) is 5.92 Å². The molecule has 0 aromatic rings. The molecule has 0 radical (unpaired) electrons. The smallest absolute Gasteiger partial charge is 0.339 e. The number of rotatable bonds is 5. The largest absolute Gasteiger partial charge is 0.396 e. The summed E-state index contributed by atoms with van der Waals surface area (Å²) in [5, 5.41) is 8.42. The number of hydrogen-bond acceptors (Lipinski definition) is 2. The minimum absolute atomic E-state index is 0.166. The Hall–Kier alpha value is 0.0600. The molecule has 0 amide bonds. The molecule has 0 aromatic carbocycles. The van der Waals surface area contributed by atoms with Gasteiger partial charge in [-0.15, -0.1) is 0 Å². The van der Waals surface area contributed by atoms with Gasteiger partial charge in [-0.05, 0) is 5.92 Å². The van der Waals surface area contributed by atoms with Gasteiger partial charge in [-0.3, -0.25) is 0 Å². The highest BCUT2D eigenvalue weighted by atomic mass is 31.1. The molecule has 0 aliphatic heterocycles. The van der Waals surface area contributed by atoms with Gasteiger partial charge in [-0.25, -0.2) is 0 Å². The minimum Gasteiger partial charge on any atom is -0.396 e. The minimum atomic E-state index is -1.04. The Labute approximate surface area is 63.4 Å². The van der Waals surface area contributed by atoms with Gasteiger partial charge < -0.3 is 5.11 Å². The second-order valence-corrected chi connectivity index (χ2v) is 4.63. The molecule has 1 unspecified atom stereocenters. The molecule has 0 aliphatic carbocycles. The Kier molecular flexibility index (Phi) is 5.85. The van der Waals surface area contributed by atoms with Crippen molar-refractivity contribution < 1.29 is 9.67 Å². The molecule has 0 heterocycles. The summed E-state index contributed by atoms with van der Waals surface area (Å²) in [6, 6.07) is 0. The van der Waals surface area contributed by atoms with Crippen LogP contribution in [0.1, 0.15) is 20.3 Å². The molecule has 0 aromatic heterocycles. The first-order valence-electron chi connectivity index (χ1n) is 3.69. The molecular weight excluding hydrogens is 147 g/mol. The molecule has 3 heteroatoms. The maximum absolute atomic E-state index is 11.0. The van der Waals surface area contributed by atoms with E-state index in [2.05, 4.69) is 13.8 Å². The van der Waals surface area contributed by atoms with Crippen molar-refractivity contribution in [3.63, 3.8) is 0 Å². The maximum Gasteiger partial charge on any atom is 0.339 e. The lowest BCUT2D eigenvalue weighted by atomic mass is 10.3. The Bertz CT molecular complexity index is 102. The highest BCUT2D eigenvalue weighted by molar-refractivity contribution is 7.44. The molecular formula is C7H16O2P+. The van der Waals surface area contributed by atoms with Crippen LogP contribution in [0, 0.1) is 5.92 Å². The maximum atomic E-state index is 11.0. The summed E-state index contributed by atoms with van der Waals surface area (Å²) < 4.78 is 11.0. The lowest BCUT2D eigenvalue weighted by molar-refractivity contribution is 0.295. The van der Waals surface area contributed by atoms with Gasteiger partial charge in [-0.2, -0.15) is 0 Å². The normalized spacial score (nSPS) is 12.2. The zero-order valence-corrected chi connectivity index (χ0v) is 7.60. The Morgan fingerprint density at radius 2 is 2.10 bits per heavy atom. The van der Waals surface area contributed by atoms with Crippen LogP contribution in [0.5, 0.6) is 0 Å². The lowest BCUT2D eigenvalue weighted by Gasteiger charge is -1.91. The molecule has 0 saturated heterocycles. The molecule has 0 aliphatic rings. The SMILES string of the molecule is CC(C)C[P+](=O)CCCO. The van der Waals surface area contributed by atoms with Crippen LogP contribution in [0.15, 0.2) is 0 Å². The first-order valence-corrected chi connectivity index (χ1v) is 5.32. The van der Waals surface area contributed by atoms with E-state index < -0.39 is 7.80 Å². The molecule has 1 atom stereocenters. The summed E-state index contributed by atoms with van der Waals surface area (Å²) in [6.07, 6.45) is 2.17. The van der Waals surface area contributed by atoms with E-state index in [0.29, 0.717) is 18.5 Å². The van der Waals surface area contributed by atoms with Crippen LogP contribution in [-0.4, -0.2) is 24.0 Å². The van der Waals surface area contributed by atoms with Gasteiger partial charge in [-0.1, -0.05) is 18.4 Å². The summed E-state index contributed by atoms with van der Waals surface area (Å²) >= 11 is 0. The lowest BCUT2D eigenvalue weighted by Crippen LogP contribution is -1.94. The second-order valence-electron chi connectivity index (χ2n) is 2.86. The van der Waals surface area contributed by atoms with E-state index in [9.17, 15) is 4.57 Å². The summed E-state index contributed by atoms with van der Waals surface area (Å²) in [4.78, 5) is 0. The first kappa shape index (κ1) is 10.1. The van der Waals surface area contributed by atoms with Crippen LogP contribution in [0.2, 0.25) is 0 Å². The van der Waals surface area contributed by atoms with Gasteiger partial charge in [0.1, 0.15) is 12.3 Å². The van der Waals surface area contributed by atoms with Crippen LogP contribution in [-0.2, 0) is 4.57 Å². The Morgan fingerprint density at radius 1 is 1.50 bits per heavy atom. The predicted octanol–water partition coefficient (Wildman–Crippen LogP) is 1.85. The highest BCUT2D eigenvalue weighted by Crippen LogP contribution is 2.24. The first-order chi connectivity index (χ1) is 4.66. The molecule has 10 heavy (non-hydrogen) atoms. The summed E-state index contributed by atoms with van der Waals surface area (Å²) in [7, 11) is -1.04. The third-order valence-corrected chi connectivity index (χ3v) is 3.09. The van der Waals surface area contributed by atoms with E-state index in [1.807, 2.05) is 0 Å². The third kappa shape index (κ3) is 6.18. The highest BCUT2D eigenvalue weighted by Gasteiger charge is 2.15. The topological polar surface area (TPSA) is 37.3 Å². The summed E-state index contributed by atoms with van der Waals surface area (Å²) in [6.45, 7) is 4.29. The van der Waals surface area contributed by atoms with Gasteiger partial charge in [0.05, 0.1) is 0 Å². The van der Waals surface area contributed by atoms with E-state index in [1.165, 1.54) is 0 Å². The fourth-order valence-electron chi connectivity index (χ4n) is 0.746. The average Bonchev–Trinajstić information content (AvgIpc) is 1.82. The van der Waals surface area contributed by atoms with Crippen molar-refractivity contribution in [3.05, 3.63) is 0 Å². The van der Waals surface area contributed by atoms with Crippen molar-refractivity contribution in [1.29, 1.82) is 0 Å². The molecule has 0 bridgehead atoms. The van der Waals surface area contributed by atoms with E-state index in [1.54, 1.807) is 0 Å². The van der Waals surface area contributed by atoms with E-state index in [-0.39, 0.29) is 6.61 Å². The van der Waals surface area contributed by atoms with Gasteiger partial charge in [0.2, 0.25) is 0 Å². The molecule has 2 nitrogen and oxygen atoms in total. The zero-order valence-electron chi connectivity index (χ0n) is 6.71. The van der Waals surface area contributed by atoms with Crippen LogP contribution in [0.3, 0.4) is 0 Å². The van der Waals surface area contributed by atoms with Gasteiger partial charge >= 0.3 is 7.80 Å². The van der Waals surface area contributed by atoms with Crippen LogP contribution >= 0.6 is 7.80 Å². The second kappa shape index (κ2) is 5.82. The standard InChI is InChI=1S/C7H16O2P/c1-7(2)6-10(9)5-3-4-8/h7-8H,3-6H2,1-2H3/q+1. The molecule has 60 valence electrons. The fraction of sp³-hybridized carbons (Fsp3) is 1.00. The van der Waals surface area contributed by atoms with Crippen LogP contribution in [0.4, 0.5) is 0 Å². The molecule has 1 N–H and O–H groups in total. The Morgan fingerprint density at radius 3 is 2.50 bits per heavy atom. The number of aliphatic hydroxyl groups is 1. The van der Waals surface area contributed by atoms with Crippen molar-refractivity contribution in [3.8, 4) is 0 Å². The monoisotopic (exact) mass is 163 g/mol. The van der Waals surface area contributed by atoms with Gasteiger partial charge in [0, 0.05) is 13.0 Å². The van der Waals surface area contributed by atoms with Gasteiger partial charge in [0.25, 0.3) is 0 Å².